The zero-order chi connectivity index (χ0) is 25.6. The summed E-state index contributed by atoms with van der Waals surface area (Å²) < 4.78 is 17.7. The molecule has 0 aromatic rings. The summed E-state index contributed by atoms with van der Waals surface area (Å²) in [4.78, 5) is 12.8. The third-order valence-electron chi connectivity index (χ3n) is 8.77. The van der Waals surface area contributed by atoms with Crippen LogP contribution in [0.4, 0.5) is 0 Å². The standard InChI is InChI=1S/C30H57NO4/c1-6-7-8-9-11-14-17-28(2,3)18-15-12-10-13-16-19-29(4,27(32)33-5)26-24-34-30(35-25-26)20-22-31-23-21-30/h26,31H,6-25H2,1-5H3. The van der Waals surface area contributed by atoms with Crippen molar-refractivity contribution in [3.05, 3.63) is 0 Å². The van der Waals surface area contributed by atoms with Crippen LogP contribution in [0.3, 0.4) is 0 Å². The number of hydrogen-bond donors (Lipinski definition) is 1. The number of nitrogens with one attached hydrogen (secondary N) is 1. The van der Waals surface area contributed by atoms with Crippen molar-refractivity contribution in [2.24, 2.45) is 16.7 Å². The molecule has 0 saturated carbocycles. The number of carbonyl (C=O) groups excluding carboxylic acids is 1. The molecule has 0 aromatic heterocycles. The molecule has 2 saturated heterocycles. The summed E-state index contributed by atoms with van der Waals surface area (Å²) in [5.41, 5.74) is -0.0661. The van der Waals surface area contributed by atoms with E-state index in [0.717, 1.165) is 38.8 Å². The predicted molar refractivity (Wildman–Crippen MR) is 144 cm³/mol. The smallest absolute Gasteiger partial charge is 0.311 e. The van der Waals surface area contributed by atoms with Crippen molar-refractivity contribution < 1.29 is 19.0 Å². The van der Waals surface area contributed by atoms with Gasteiger partial charge in [0.05, 0.1) is 25.7 Å². The average Bonchev–Trinajstić information content (AvgIpc) is 2.85. The zero-order valence-corrected chi connectivity index (χ0v) is 23.9. The normalized spacial score (nSPS) is 20.6. The van der Waals surface area contributed by atoms with Crippen LogP contribution < -0.4 is 5.32 Å². The van der Waals surface area contributed by atoms with Crippen LogP contribution in [0.25, 0.3) is 0 Å². The quantitative estimate of drug-likeness (QED) is 0.168. The number of methoxy groups -OCH3 is 1. The number of hydrogen-bond acceptors (Lipinski definition) is 5. The average molecular weight is 496 g/mol. The lowest BCUT2D eigenvalue weighted by Gasteiger charge is -2.46. The Hall–Kier alpha value is -0.650. The monoisotopic (exact) mass is 495 g/mol. The third kappa shape index (κ3) is 10.3. The van der Waals surface area contributed by atoms with Crippen molar-refractivity contribution in [2.45, 2.75) is 136 Å². The number of esters is 1. The highest BCUT2D eigenvalue weighted by molar-refractivity contribution is 5.76. The fraction of sp³-hybridized carbons (Fsp3) is 0.967. The van der Waals surface area contributed by atoms with Crippen LogP contribution in [0.1, 0.15) is 130 Å². The highest BCUT2D eigenvalue weighted by Gasteiger charge is 2.48. The van der Waals surface area contributed by atoms with Gasteiger partial charge in [0, 0.05) is 31.8 Å². The highest BCUT2D eigenvalue weighted by atomic mass is 16.7. The lowest BCUT2D eigenvalue weighted by molar-refractivity contribution is -0.302. The number of carbonyl (C=O) groups is 1. The van der Waals surface area contributed by atoms with Crippen LogP contribution in [0.15, 0.2) is 0 Å². The topological polar surface area (TPSA) is 56.8 Å². The molecule has 0 radical (unpaired) electrons. The first-order chi connectivity index (χ1) is 16.8. The summed E-state index contributed by atoms with van der Waals surface area (Å²) in [6.45, 7) is 12.3. The first kappa shape index (κ1) is 30.6. The van der Waals surface area contributed by atoms with Crippen LogP contribution in [0.5, 0.6) is 0 Å². The molecule has 5 nitrogen and oxygen atoms in total. The molecule has 1 spiro atoms. The highest BCUT2D eigenvalue weighted by Crippen LogP contribution is 2.41. The van der Waals surface area contributed by atoms with Gasteiger partial charge in [-0.25, -0.2) is 0 Å². The Morgan fingerprint density at radius 3 is 1.83 bits per heavy atom. The molecule has 0 bridgehead atoms. The van der Waals surface area contributed by atoms with E-state index in [2.05, 4.69) is 33.0 Å². The van der Waals surface area contributed by atoms with Crippen LogP contribution in [0.2, 0.25) is 0 Å². The molecule has 2 fully saturated rings. The fourth-order valence-corrected chi connectivity index (χ4v) is 5.90. The van der Waals surface area contributed by atoms with Gasteiger partial charge in [-0.3, -0.25) is 4.79 Å². The van der Waals surface area contributed by atoms with E-state index in [1.54, 1.807) is 0 Å². The van der Waals surface area contributed by atoms with Gasteiger partial charge in [0.1, 0.15) is 0 Å². The van der Waals surface area contributed by atoms with E-state index in [9.17, 15) is 4.79 Å². The van der Waals surface area contributed by atoms with Crippen molar-refractivity contribution in [1.82, 2.24) is 5.32 Å². The minimum Gasteiger partial charge on any atom is -0.469 e. The molecule has 2 aliphatic rings. The van der Waals surface area contributed by atoms with Crippen molar-refractivity contribution in [1.29, 1.82) is 0 Å². The van der Waals surface area contributed by atoms with Gasteiger partial charge in [-0.1, -0.05) is 91.4 Å². The van der Waals surface area contributed by atoms with Crippen molar-refractivity contribution in [2.75, 3.05) is 33.4 Å². The van der Waals surface area contributed by atoms with E-state index in [-0.39, 0.29) is 11.9 Å². The van der Waals surface area contributed by atoms with Gasteiger partial charge in [-0.05, 0) is 31.6 Å². The molecule has 1 unspecified atom stereocenters. The van der Waals surface area contributed by atoms with E-state index in [1.165, 1.54) is 84.2 Å². The molecule has 0 aromatic carbocycles. The third-order valence-corrected chi connectivity index (χ3v) is 8.77. The van der Waals surface area contributed by atoms with E-state index >= 15 is 0 Å². The van der Waals surface area contributed by atoms with Gasteiger partial charge >= 0.3 is 5.97 Å². The van der Waals surface area contributed by atoms with Crippen LogP contribution in [-0.4, -0.2) is 45.2 Å². The van der Waals surface area contributed by atoms with Crippen LogP contribution in [0, 0.1) is 16.7 Å². The molecule has 1 N–H and O–H groups in total. The first-order valence-electron chi connectivity index (χ1n) is 14.8. The molecular weight excluding hydrogens is 438 g/mol. The Balaban J connectivity index is 1.64. The van der Waals surface area contributed by atoms with Gasteiger partial charge in [-0.15, -0.1) is 0 Å². The van der Waals surface area contributed by atoms with Crippen molar-refractivity contribution in [3.63, 3.8) is 0 Å². The Morgan fingerprint density at radius 2 is 1.31 bits per heavy atom. The van der Waals surface area contributed by atoms with Crippen LogP contribution >= 0.6 is 0 Å². The number of ether oxygens (including phenoxy) is 3. The van der Waals surface area contributed by atoms with Gasteiger partial charge in [-0.2, -0.15) is 0 Å². The SMILES string of the molecule is CCCCCCCCC(C)(C)CCCCCCCC(C)(C(=O)OC)C1COC2(CCNCC2)OC1. The summed E-state index contributed by atoms with van der Waals surface area (Å²) in [5.74, 6) is -0.507. The molecule has 5 heteroatoms. The maximum Gasteiger partial charge on any atom is 0.311 e. The number of unbranched alkanes of at least 4 members (excludes halogenated alkanes) is 9. The lowest BCUT2D eigenvalue weighted by Crippen LogP contribution is -2.54. The minimum atomic E-state index is -0.539. The molecule has 0 amide bonds. The summed E-state index contributed by atoms with van der Waals surface area (Å²) in [7, 11) is 1.51. The minimum absolute atomic E-state index is 0.0539. The summed E-state index contributed by atoms with van der Waals surface area (Å²) in [6, 6.07) is 0. The van der Waals surface area contributed by atoms with E-state index in [0.29, 0.717) is 18.6 Å². The van der Waals surface area contributed by atoms with Crippen LogP contribution in [-0.2, 0) is 19.0 Å². The second-order valence-corrected chi connectivity index (χ2v) is 12.3. The summed E-state index contributed by atoms with van der Waals surface area (Å²) in [5, 5.41) is 3.37. The molecular formula is C30H57NO4. The van der Waals surface area contributed by atoms with Crippen molar-refractivity contribution in [3.8, 4) is 0 Å². The molecule has 206 valence electrons. The molecule has 35 heavy (non-hydrogen) atoms. The van der Waals surface area contributed by atoms with Gasteiger partial charge in [0.25, 0.3) is 0 Å². The first-order valence-corrected chi connectivity index (χ1v) is 14.8. The molecule has 0 aliphatic carbocycles. The maximum absolute atomic E-state index is 12.8. The Bertz CT molecular complexity index is 577. The Morgan fingerprint density at radius 1 is 0.829 bits per heavy atom. The van der Waals surface area contributed by atoms with E-state index < -0.39 is 11.2 Å². The fourth-order valence-electron chi connectivity index (χ4n) is 5.90. The Kier molecular flexibility index (Phi) is 13.6. The number of rotatable bonds is 17. The molecule has 2 rings (SSSR count). The predicted octanol–water partition coefficient (Wildman–Crippen LogP) is 7.42. The molecule has 2 heterocycles. The largest absolute Gasteiger partial charge is 0.469 e. The summed E-state index contributed by atoms with van der Waals surface area (Å²) in [6.07, 6.45) is 19.7. The maximum atomic E-state index is 12.8. The lowest BCUT2D eigenvalue weighted by atomic mass is 9.73. The Labute approximate surface area is 216 Å². The van der Waals surface area contributed by atoms with Crippen molar-refractivity contribution >= 4 is 5.97 Å². The molecule has 1 atom stereocenters. The van der Waals surface area contributed by atoms with E-state index in [4.69, 9.17) is 14.2 Å². The zero-order valence-electron chi connectivity index (χ0n) is 23.9. The van der Waals surface area contributed by atoms with Gasteiger partial charge in [0.15, 0.2) is 5.79 Å². The van der Waals surface area contributed by atoms with E-state index in [1.807, 2.05) is 0 Å². The van der Waals surface area contributed by atoms with Gasteiger partial charge in [0.2, 0.25) is 0 Å². The summed E-state index contributed by atoms with van der Waals surface area (Å²) >= 11 is 0. The van der Waals surface area contributed by atoms with Gasteiger partial charge < -0.3 is 19.5 Å². The second kappa shape index (κ2) is 15.6. The molecule has 2 aliphatic heterocycles. The number of piperidine rings is 1. The second-order valence-electron chi connectivity index (χ2n) is 12.3.